The fourth-order valence-corrected chi connectivity index (χ4v) is 4.05. The predicted molar refractivity (Wildman–Crippen MR) is 103 cm³/mol. The monoisotopic (exact) mass is 420 g/mol. The number of anilines is 2. The van der Waals surface area contributed by atoms with E-state index in [1.807, 2.05) is 0 Å². The molecule has 1 N–H and O–H groups in total. The summed E-state index contributed by atoms with van der Waals surface area (Å²) in [7, 11) is -3.76. The summed E-state index contributed by atoms with van der Waals surface area (Å²) in [4.78, 5) is 12.5. The largest absolute Gasteiger partial charge is 0.324 e. The summed E-state index contributed by atoms with van der Waals surface area (Å²) in [6, 6.07) is 9.79. The van der Waals surface area contributed by atoms with E-state index in [9.17, 15) is 13.2 Å². The van der Waals surface area contributed by atoms with E-state index in [1.54, 1.807) is 24.3 Å². The Kier molecular flexibility index (Phi) is 6.21. The summed E-state index contributed by atoms with van der Waals surface area (Å²) in [5.74, 6) is -0.510. The molecule has 0 fully saturated rings. The van der Waals surface area contributed by atoms with Gasteiger partial charge >= 0.3 is 0 Å². The maximum absolute atomic E-state index is 12.5. The predicted octanol–water partition coefficient (Wildman–Crippen LogP) is 4.44. The summed E-state index contributed by atoms with van der Waals surface area (Å²) in [5, 5.41) is 3.71. The highest BCUT2D eigenvalue weighted by molar-refractivity contribution is 7.92. The molecule has 134 valence electrons. The fourth-order valence-electron chi connectivity index (χ4n) is 2.26. The summed E-state index contributed by atoms with van der Waals surface area (Å²) in [5.41, 5.74) is 0.706. The number of carbonyl (C=O) groups excluding carboxylic acids is 1. The molecule has 0 unspecified atom stereocenters. The van der Waals surface area contributed by atoms with E-state index >= 15 is 0 Å². The Hall–Kier alpha value is -1.47. The third-order valence-corrected chi connectivity index (χ3v) is 5.23. The molecule has 0 aliphatic rings. The molecular formula is C16H15Cl3N2O3S. The second-order valence-electron chi connectivity index (χ2n) is 5.36. The third kappa shape index (κ3) is 5.25. The van der Waals surface area contributed by atoms with Gasteiger partial charge in [-0.2, -0.15) is 0 Å². The molecule has 0 radical (unpaired) electrons. The number of carbonyl (C=O) groups is 1. The van der Waals surface area contributed by atoms with Crippen molar-refractivity contribution in [1.82, 2.24) is 0 Å². The van der Waals surface area contributed by atoms with Crippen molar-refractivity contribution in [2.45, 2.75) is 13.0 Å². The Balaban J connectivity index is 2.34. The van der Waals surface area contributed by atoms with Crippen molar-refractivity contribution in [1.29, 1.82) is 0 Å². The van der Waals surface area contributed by atoms with E-state index in [0.717, 1.165) is 10.6 Å². The molecule has 1 amide bonds. The third-order valence-electron chi connectivity index (χ3n) is 3.30. The van der Waals surface area contributed by atoms with Gasteiger partial charge in [0.05, 0.1) is 11.9 Å². The molecule has 2 aromatic carbocycles. The number of nitrogens with one attached hydrogen (secondary N) is 1. The highest BCUT2D eigenvalue weighted by Gasteiger charge is 2.29. The van der Waals surface area contributed by atoms with Gasteiger partial charge < -0.3 is 5.32 Å². The van der Waals surface area contributed by atoms with Gasteiger partial charge in [0, 0.05) is 20.8 Å². The summed E-state index contributed by atoms with van der Waals surface area (Å²) in [6.07, 6.45) is 1.01. The highest BCUT2D eigenvalue weighted by Crippen LogP contribution is 2.29. The number of hydrogen-bond donors (Lipinski definition) is 1. The lowest BCUT2D eigenvalue weighted by Gasteiger charge is -2.28. The minimum Gasteiger partial charge on any atom is -0.324 e. The maximum Gasteiger partial charge on any atom is 0.247 e. The zero-order valence-corrected chi connectivity index (χ0v) is 16.4. The standard InChI is InChI=1S/C16H15Cl3N2O3S/c1-10(16(22)20-14-5-3-11(17)4-6-14)21(25(2,23)24)15-8-12(18)7-13(19)9-15/h3-10H,1-2H3,(H,20,22)/t10-/m1/s1. The Bertz CT molecular complexity index is 866. The first-order valence-corrected chi connectivity index (χ1v) is 10.1. The number of rotatable bonds is 5. The average molecular weight is 422 g/mol. The first kappa shape index (κ1) is 19.8. The van der Waals surface area contributed by atoms with E-state index in [-0.39, 0.29) is 15.7 Å². The van der Waals surface area contributed by atoms with Gasteiger partial charge in [0.15, 0.2) is 0 Å². The molecule has 1 atom stereocenters. The molecular weight excluding hydrogens is 407 g/mol. The second kappa shape index (κ2) is 7.83. The van der Waals surface area contributed by atoms with Crippen molar-refractivity contribution in [3.63, 3.8) is 0 Å². The van der Waals surface area contributed by atoms with E-state index < -0.39 is 22.0 Å². The Labute approximate surface area is 161 Å². The van der Waals surface area contributed by atoms with E-state index in [2.05, 4.69) is 5.32 Å². The Morgan fingerprint density at radius 2 is 1.52 bits per heavy atom. The van der Waals surface area contributed by atoms with Crippen LogP contribution in [0.2, 0.25) is 15.1 Å². The van der Waals surface area contributed by atoms with E-state index in [0.29, 0.717) is 10.7 Å². The fraction of sp³-hybridized carbons (Fsp3) is 0.188. The number of benzene rings is 2. The van der Waals surface area contributed by atoms with Crippen molar-refractivity contribution >= 4 is 62.1 Å². The molecule has 0 spiro atoms. The van der Waals surface area contributed by atoms with Gasteiger partial charge in [0.25, 0.3) is 0 Å². The molecule has 5 nitrogen and oxygen atoms in total. The Morgan fingerprint density at radius 3 is 2.00 bits per heavy atom. The van der Waals surface area contributed by atoms with Crippen LogP contribution < -0.4 is 9.62 Å². The highest BCUT2D eigenvalue weighted by atomic mass is 35.5. The van der Waals surface area contributed by atoms with Crippen molar-refractivity contribution in [2.24, 2.45) is 0 Å². The van der Waals surface area contributed by atoms with E-state index in [4.69, 9.17) is 34.8 Å². The zero-order chi connectivity index (χ0) is 18.8. The lowest BCUT2D eigenvalue weighted by Crippen LogP contribution is -2.45. The molecule has 25 heavy (non-hydrogen) atoms. The van der Waals surface area contributed by atoms with Crippen molar-refractivity contribution in [2.75, 3.05) is 15.9 Å². The molecule has 0 bridgehead atoms. The topological polar surface area (TPSA) is 66.5 Å². The lowest BCUT2D eigenvalue weighted by molar-refractivity contribution is -0.116. The van der Waals surface area contributed by atoms with E-state index in [1.165, 1.54) is 25.1 Å². The second-order valence-corrected chi connectivity index (χ2v) is 8.53. The van der Waals surface area contributed by atoms with Crippen molar-refractivity contribution < 1.29 is 13.2 Å². The first-order valence-electron chi connectivity index (χ1n) is 7.10. The maximum atomic E-state index is 12.5. The van der Waals surface area contributed by atoms with Gasteiger partial charge in [-0.15, -0.1) is 0 Å². The quantitative estimate of drug-likeness (QED) is 0.776. The summed E-state index contributed by atoms with van der Waals surface area (Å²) in [6.45, 7) is 1.47. The molecule has 2 aromatic rings. The van der Waals surface area contributed by atoms with Crippen LogP contribution in [0.25, 0.3) is 0 Å². The molecule has 0 saturated heterocycles. The molecule has 2 rings (SSSR count). The van der Waals surface area contributed by atoms with Crippen LogP contribution in [0.4, 0.5) is 11.4 Å². The molecule has 9 heteroatoms. The van der Waals surface area contributed by atoms with Gasteiger partial charge in [-0.05, 0) is 49.4 Å². The zero-order valence-electron chi connectivity index (χ0n) is 13.3. The number of amides is 1. The average Bonchev–Trinajstić information content (AvgIpc) is 2.47. The van der Waals surface area contributed by atoms with Gasteiger partial charge in [-0.25, -0.2) is 8.42 Å². The van der Waals surface area contributed by atoms with Crippen LogP contribution in [0.5, 0.6) is 0 Å². The van der Waals surface area contributed by atoms with Gasteiger partial charge in [0.2, 0.25) is 15.9 Å². The van der Waals surface area contributed by atoms with Crippen LogP contribution in [0, 0.1) is 0 Å². The number of halogens is 3. The van der Waals surface area contributed by atoms with Crippen molar-refractivity contribution in [3.05, 3.63) is 57.5 Å². The van der Waals surface area contributed by atoms with Crippen LogP contribution in [-0.4, -0.2) is 26.6 Å². The van der Waals surface area contributed by atoms with Crippen LogP contribution in [0.15, 0.2) is 42.5 Å². The summed E-state index contributed by atoms with van der Waals surface area (Å²) >= 11 is 17.7. The normalized spacial score (nSPS) is 12.5. The minimum absolute atomic E-state index is 0.207. The van der Waals surface area contributed by atoms with Crippen molar-refractivity contribution in [3.8, 4) is 0 Å². The van der Waals surface area contributed by atoms with Crippen LogP contribution >= 0.6 is 34.8 Å². The van der Waals surface area contributed by atoms with Gasteiger partial charge in [-0.3, -0.25) is 9.10 Å². The van der Waals surface area contributed by atoms with Gasteiger partial charge in [-0.1, -0.05) is 34.8 Å². The molecule has 0 aliphatic heterocycles. The van der Waals surface area contributed by atoms with Gasteiger partial charge in [0.1, 0.15) is 6.04 Å². The first-order chi connectivity index (χ1) is 11.6. The molecule has 0 heterocycles. The molecule has 0 aromatic heterocycles. The molecule has 0 saturated carbocycles. The van der Waals surface area contributed by atoms with Crippen LogP contribution in [0.1, 0.15) is 6.92 Å². The molecule has 0 aliphatic carbocycles. The summed E-state index contributed by atoms with van der Waals surface area (Å²) < 4.78 is 25.4. The Morgan fingerprint density at radius 1 is 1.00 bits per heavy atom. The lowest BCUT2D eigenvalue weighted by atomic mass is 10.2. The smallest absolute Gasteiger partial charge is 0.247 e. The number of sulfonamides is 1. The SMILES string of the molecule is C[C@H](C(=O)Nc1ccc(Cl)cc1)N(c1cc(Cl)cc(Cl)c1)S(C)(=O)=O. The number of hydrogen-bond acceptors (Lipinski definition) is 3. The minimum atomic E-state index is -3.76. The van der Waals surface area contributed by atoms with Crippen LogP contribution in [0.3, 0.4) is 0 Å². The van der Waals surface area contributed by atoms with Crippen LogP contribution in [-0.2, 0) is 14.8 Å². The number of nitrogens with zero attached hydrogens (tertiary/aromatic N) is 1.